The fourth-order valence-electron chi connectivity index (χ4n) is 10.4. The lowest BCUT2D eigenvalue weighted by Crippen LogP contribution is -2.55. The van der Waals surface area contributed by atoms with Gasteiger partial charge in [-0.25, -0.2) is 4.39 Å². The van der Waals surface area contributed by atoms with E-state index in [4.69, 9.17) is 0 Å². The van der Waals surface area contributed by atoms with Gasteiger partial charge in [-0.15, -0.1) is 0 Å². The lowest BCUT2D eigenvalue weighted by Gasteiger charge is -2.62. The number of carbonyl (C=O) groups excluding carboxylic acids is 1. The molecule has 7 atom stereocenters. The molecule has 0 bridgehead atoms. The van der Waals surface area contributed by atoms with Crippen LogP contribution in [-0.2, 0) is 0 Å². The Labute approximate surface area is 241 Å². The van der Waals surface area contributed by atoms with Gasteiger partial charge in [-0.05, 0) is 109 Å². The van der Waals surface area contributed by atoms with Crippen LogP contribution in [-0.4, -0.2) is 46.8 Å². The van der Waals surface area contributed by atoms with Crippen LogP contribution in [0.3, 0.4) is 0 Å². The summed E-state index contributed by atoms with van der Waals surface area (Å²) in [6.07, 6.45) is 9.81. The summed E-state index contributed by atoms with van der Waals surface area (Å²) in [5, 5.41) is 20.5. The van der Waals surface area contributed by atoms with E-state index in [1.165, 1.54) is 50.7 Å². The molecule has 2 N–H and O–H groups in total. The maximum absolute atomic E-state index is 14.4. The average molecular weight is 554 g/mol. The summed E-state index contributed by atoms with van der Waals surface area (Å²) in [5.41, 5.74) is 4.14. The SMILES string of the molecule is C[C@H](CCN(CCO)C(=O)c1ccccc1F)[C@H]1CC[C@@]2(C)C3=C(CC[C@]12C)[C@@]1(C)CC[C@H](O)C(C)(C)[C@@H]1CC3. The van der Waals surface area contributed by atoms with Gasteiger partial charge in [0.2, 0.25) is 0 Å². The first-order chi connectivity index (χ1) is 18.8. The number of fused-ring (bicyclic) bond motifs is 4. The second-order valence-corrected chi connectivity index (χ2v) is 15.0. The number of allylic oxidation sites excluding steroid dienone is 2. The zero-order valence-electron chi connectivity index (χ0n) is 25.7. The van der Waals surface area contributed by atoms with Gasteiger partial charge in [-0.2, -0.15) is 0 Å². The van der Waals surface area contributed by atoms with E-state index in [2.05, 4.69) is 41.5 Å². The van der Waals surface area contributed by atoms with Crippen molar-refractivity contribution in [2.45, 2.75) is 105 Å². The average Bonchev–Trinajstić information content (AvgIpc) is 3.20. The molecule has 0 unspecified atom stereocenters. The maximum atomic E-state index is 14.4. The van der Waals surface area contributed by atoms with Gasteiger partial charge < -0.3 is 15.1 Å². The number of carbonyl (C=O) groups is 1. The topological polar surface area (TPSA) is 60.8 Å². The Morgan fingerprint density at radius 1 is 1.00 bits per heavy atom. The first kappa shape index (κ1) is 29.8. The van der Waals surface area contributed by atoms with E-state index in [1.54, 1.807) is 28.2 Å². The van der Waals surface area contributed by atoms with E-state index >= 15 is 0 Å². The van der Waals surface area contributed by atoms with Crippen LogP contribution in [0.5, 0.6) is 0 Å². The van der Waals surface area contributed by atoms with Crippen LogP contribution >= 0.6 is 0 Å². The molecule has 4 nitrogen and oxygen atoms in total. The van der Waals surface area contributed by atoms with Gasteiger partial charge >= 0.3 is 0 Å². The normalized spacial score (nSPS) is 37.4. The van der Waals surface area contributed by atoms with Crippen LogP contribution in [0, 0.1) is 45.2 Å². The molecule has 1 aromatic carbocycles. The number of hydrogen-bond donors (Lipinski definition) is 2. The Bertz CT molecular complexity index is 1160. The standard InChI is InChI=1S/C35H52FNO3/c1-23(16-20-37(21-22-38)31(40)24-9-7-8-10-28(24)36)25-13-18-35(6)27-11-12-29-32(2,3)30(39)15-17-33(29,4)26(27)14-19-34(25,35)5/h7-10,23,25,29-30,38-39H,11-22H2,1-6H3/t23-,25-,29+,30+,33-,34-,35+/m1/s1. The zero-order valence-corrected chi connectivity index (χ0v) is 25.7. The number of halogens is 1. The molecule has 1 amide bonds. The number of hydrogen-bond acceptors (Lipinski definition) is 3. The smallest absolute Gasteiger partial charge is 0.256 e. The largest absolute Gasteiger partial charge is 0.395 e. The Morgan fingerprint density at radius 3 is 2.42 bits per heavy atom. The second kappa shape index (κ2) is 10.5. The number of nitrogens with zero attached hydrogens (tertiary/aromatic N) is 1. The Morgan fingerprint density at radius 2 is 1.73 bits per heavy atom. The van der Waals surface area contributed by atoms with Gasteiger partial charge in [0.25, 0.3) is 5.91 Å². The van der Waals surface area contributed by atoms with Crippen molar-refractivity contribution in [2.75, 3.05) is 19.7 Å². The van der Waals surface area contributed by atoms with Crippen molar-refractivity contribution >= 4 is 5.91 Å². The third-order valence-electron chi connectivity index (χ3n) is 13.1. The first-order valence-corrected chi connectivity index (χ1v) is 15.9. The summed E-state index contributed by atoms with van der Waals surface area (Å²) in [5.74, 6) is 0.699. The van der Waals surface area contributed by atoms with Gasteiger partial charge in [-0.1, -0.05) is 64.8 Å². The highest BCUT2D eigenvalue weighted by Gasteiger charge is 2.63. The summed E-state index contributed by atoms with van der Waals surface area (Å²) >= 11 is 0. The Kier molecular flexibility index (Phi) is 7.83. The predicted octanol–water partition coefficient (Wildman–Crippen LogP) is 7.40. The maximum Gasteiger partial charge on any atom is 0.256 e. The van der Waals surface area contributed by atoms with Crippen LogP contribution < -0.4 is 0 Å². The van der Waals surface area contributed by atoms with E-state index in [0.717, 1.165) is 19.3 Å². The highest BCUT2D eigenvalue weighted by atomic mass is 19.1. The number of benzene rings is 1. The number of aliphatic hydroxyl groups is 2. The van der Waals surface area contributed by atoms with Crippen LogP contribution in [0.25, 0.3) is 0 Å². The molecule has 222 valence electrons. The fourth-order valence-corrected chi connectivity index (χ4v) is 10.4. The molecule has 0 radical (unpaired) electrons. The van der Waals surface area contributed by atoms with Crippen molar-refractivity contribution in [3.8, 4) is 0 Å². The van der Waals surface area contributed by atoms with E-state index in [1.807, 2.05) is 0 Å². The minimum absolute atomic E-state index is 0.0412. The van der Waals surface area contributed by atoms with Gasteiger partial charge in [0.1, 0.15) is 5.82 Å². The number of aliphatic hydroxyl groups excluding tert-OH is 2. The summed E-state index contributed by atoms with van der Waals surface area (Å²) in [4.78, 5) is 14.8. The third-order valence-corrected chi connectivity index (χ3v) is 13.1. The van der Waals surface area contributed by atoms with Crippen molar-refractivity contribution in [3.63, 3.8) is 0 Å². The molecule has 2 saturated carbocycles. The molecule has 40 heavy (non-hydrogen) atoms. The third kappa shape index (κ3) is 4.40. The van der Waals surface area contributed by atoms with E-state index in [-0.39, 0.29) is 52.4 Å². The minimum atomic E-state index is -0.506. The van der Waals surface area contributed by atoms with Crippen molar-refractivity contribution in [1.82, 2.24) is 4.90 Å². The molecular formula is C35H52FNO3. The monoisotopic (exact) mass is 553 g/mol. The molecule has 0 heterocycles. The van der Waals surface area contributed by atoms with Gasteiger partial charge in [0, 0.05) is 13.1 Å². The first-order valence-electron chi connectivity index (χ1n) is 15.9. The molecule has 0 aliphatic heterocycles. The van der Waals surface area contributed by atoms with Crippen molar-refractivity contribution in [3.05, 3.63) is 46.8 Å². The highest BCUT2D eigenvalue weighted by Crippen LogP contribution is 2.72. The van der Waals surface area contributed by atoms with Crippen molar-refractivity contribution in [2.24, 2.45) is 39.4 Å². The van der Waals surface area contributed by atoms with Crippen molar-refractivity contribution < 1.29 is 19.4 Å². The summed E-state index contributed by atoms with van der Waals surface area (Å²) in [7, 11) is 0. The number of amides is 1. The molecule has 4 aliphatic carbocycles. The molecule has 0 spiro atoms. The molecule has 0 aromatic heterocycles. The van der Waals surface area contributed by atoms with E-state index in [9.17, 15) is 19.4 Å². The minimum Gasteiger partial charge on any atom is -0.395 e. The summed E-state index contributed by atoms with van der Waals surface area (Å²) < 4.78 is 14.4. The zero-order chi connectivity index (χ0) is 29.1. The van der Waals surface area contributed by atoms with E-state index in [0.29, 0.717) is 24.3 Å². The van der Waals surface area contributed by atoms with Crippen LogP contribution in [0.1, 0.15) is 110 Å². The lowest BCUT2D eigenvalue weighted by molar-refractivity contribution is -0.0962. The highest BCUT2D eigenvalue weighted by molar-refractivity contribution is 5.94. The molecule has 4 aliphatic rings. The van der Waals surface area contributed by atoms with E-state index < -0.39 is 5.82 Å². The summed E-state index contributed by atoms with van der Waals surface area (Å²) in [6.45, 7) is 15.2. The lowest BCUT2D eigenvalue weighted by atomic mass is 9.43. The van der Waals surface area contributed by atoms with Crippen LogP contribution in [0.4, 0.5) is 4.39 Å². The molecule has 5 heteroatoms. The van der Waals surface area contributed by atoms with Crippen LogP contribution in [0.2, 0.25) is 0 Å². The van der Waals surface area contributed by atoms with Gasteiger partial charge in [0.05, 0.1) is 18.3 Å². The molecule has 1 aromatic rings. The quantitative estimate of drug-likeness (QED) is 0.346. The molecule has 2 fully saturated rings. The molecule has 0 saturated heterocycles. The second-order valence-electron chi connectivity index (χ2n) is 15.0. The molecule has 5 rings (SSSR count). The number of rotatable bonds is 7. The summed E-state index contributed by atoms with van der Waals surface area (Å²) in [6, 6.07) is 6.14. The molecular weight excluding hydrogens is 501 g/mol. The van der Waals surface area contributed by atoms with Gasteiger partial charge in [0.15, 0.2) is 0 Å². The Hall–Kier alpha value is -1.72. The van der Waals surface area contributed by atoms with Crippen molar-refractivity contribution in [1.29, 1.82) is 0 Å². The predicted molar refractivity (Wildman–Crippen MR) is 158 cm³/mol. The van der Waals surface area contributed by atoms with Gasteiger partial charge in [-0.3, -0.25) is 4.79 Å². The fraction of sp³-hybridized carbons (Fsp3) is 0.743. The van der Waals surface area contributed by atoms with Crippen LogP contribution in [0.15, 0.2) is 35.4 Å². The Balaban J connectivity index is 1.35.